The van der Waals surface area contributed by atoms with Crippen LogP contribution >= 0.6 is 35.0 Å². The number of aromatic nitrogens is 2. The van der Waals surface area contributed by atoms with Gasteiger partial charge in [-0.3, -0.25) is 14.9 Å². The fourth-order valence-electron chi connectivity index (χ4n) is 3.19. The molecule has 0 aliphatic heterocycles. The first-order valence-electron chi connectivity index (χ1n) is 9.99. The zero-order chi connectivity index (χ0) is 24.1. The number of hydrogen-bond acceptors (Lipinski definition) is 6. The molecule has 0 radical (unpaired) electrons. The van der Waals surface area contributed by atoms with Crippen LogP contribution in [0.1, 0.15) is 11.1 Å². The normalized spacial score (nSPS) is 11.2. The maximum absolute atomic E-state index is 12.4. The highest BCUT2D eigenvalue weighted by Crippen LogP contribution is 2.27. The Balaban J connectivity index is 1.46. The maximum atomic E-state index is 12.4. The number of hydrogen-bond donors (Lipinski definition) is 1. The zero-order valence-corrected chi connectivity index (χ0v) is 19.8. The lowest BCUT2D eigenvalue weighted by Crippen LogP contribution is -2.20. The number of hydrazone groups is 1. The molecule has 1 heterocycles. The number of rotatable bonds is 8. The van der Waals surface area contributed by atoms with Gasteiger partial charge in [-0.25, -0.2) is 10.4 Å². The number of carbonyl (C=O) groups is 1. The van der Waals surface area contributed by atoms with E-state index in [1.165, 1.54) is 36.2 Å². The standard InChI is InChI=1S/C23H17Cl2N5O3S/c24-18-6-2-1-5-15(18)13-29-21-8-4-3-7-20(21)27-23(29)34-14-22(31)28-26-12-16-11-17(30(32)33)9-10-19(16)25/h1-12H,13-14H2,(H,28,31)/b26-12+. The van der Waals surface area contributed by atoms with Crippen molar-refractivity contribution in [3.05, 3.63) is 98.0 Å². The van der Waals surface area contributed by atoms with Crippen LogP contribution in [0, 0.1) is 10.1 Å². The minimum atomic E-state index is -0.530. The van der Waals surface area contributed by atoms with Crippen LogP contribution in [0.5, 0.6) is 0 Å². The number of imidazole rings is 1. The van der Waals surface area contributed by atoms with E-state index >= 15 is 0 Å². The topological polar surface area (TPSA) is 102 Å². The summed E-state index contributed by atoms with van der Waals surface area (Å²) in [5.41, 5.74) is 5.31. The predicted molar refractivity (Wildman–Crippen MR) is 135 cm³/mol. The average molecular weight is 514 g/mol. The lowest BCUT2D eigenvalue weighted by atomic mass is 10.2. The molecule has 0 fully saturated rings. The monoisotopic (exact) mass is 513 g/mol. The Hall–Kier alpha value is -3.40. The number of halogens is 2. The van der Waals surface area contributed by atoms with Crippen molar-refractivity contribution in [2.45, 2.75) is 11.7 Å². The van der Waals surface area contributed by atoms with Crippen LogP contribution in [0.15, 0.2) is 77.0 Å². The molecule has 0 aliphatic rings. The molecule has 4 rings (SSSR count). The summed E-state index contributed by atoms with van der Waals surface area (Å²) in [5, 5.41) is 16.4. The molecule has 3 aromatic carbocycles. The lowest BCUT2D eigenvalue weighted by molar-refractivity contribution is -0.384. The number of thioether (sulfide) groups is 1. The van der Waals surface area contributed by atoms with E-state index in [1.54, 1.807) is 0 Å². The third-order valence-electron chi connectivity index (χ3n) is 4.82. The summed E-state index contributed by atoms with van der Waals surface area (Å²) in [6.45, 7) is 0.508. The average Bonchev–Trinajstić information content (AvgIpc) is 3.17. The van der Waals surface area contributed by atoms with E-state index in [0.717, 1.165) is 16.6 Å². The number of non-ortho nitro benzene ring substituents is 1. The molecule has 1 amide bonds. The molecule has 4 aromatic rings. The Morgan fingerprint density at radius 2 is 1.88 bits per heavy atom. The van der Waals surface area contributed by atoms with Gasteiger partial charge < -0.3 is 4.57 Å². The Bertz CT molecular complexity index is 1410. The van der Waals surface area contributed by atoms with Gasteiger partial charge in [0.15, 0.2) is 5.16 Å². The summed E-state index contributed by atoms with van der Waals surface area (Å²) >= 11 is 13.7. The van der Waals surface area contributed by atoms with Gasteiger partial charge >= 0.3 is 0 Å². The Kier molecular flexibility index (Phi) is 7.46. The molecule has 8 nitrogen and oxygen atoms in total. The molecular weight excluding hydrogens is 497 g/mol. The number of nitro benzene ring substituents is 1. The predicted octanol–water partition coefficient (Wildman–Crippen LogP) is 5.54. The highest BCUT2D eigenvalue weighted by Gasteiger charge is 2.14. The SMILES string of the molecule is O=C(CSc1nc2ccccc2n1Cc1ccccc1Cl)N/N=C/c1cc([N+](=O)[O-])ccc1Cl. The van der Waals surface area contributed by atoms with Gasteiger partial charge in [-0.05, 0) is 29.8 Å². The van der Waals surface area contributed by atoms with Crippen molar-refractivity contribution in [2.24, 2.45) is 5.10 Å². The molecule has 34 heavy (non-hydrogen) atoms. The van der Waals surface area contributed by atoms with Crippen LogP contribution in [0.3, 0.4) is 0 Å². The van der Waals surface area contributed by atoms with E-state index in [1.807, 2.05) is 53.1 Å². The van der Waals surface area contributed by atoms with Crippen LogP contribution in [0.4, 0.5) is 5.69 Å². The van der Waals surface area contributed by atoms with Gasteiger partial charge in [-0.15, -0.1) is 0 Å². The third-order valence-corrected chi connectivity index (χ3v) is 6.51. The Morgan fingerprint density at radius 3 is 2.68 bits per heavy atom. The smallest absolute Gasteiger partial charge is 0.270 e. The van der Waals surface area contributed by atoms with E-state index in [-0.39, 0.29) is 22.4 Å². The summed E-state index contributed by atoms with van der Waals surface area (Å²) in [6, 6.07) is 19.3. The van der Waals surface area contributed by atoms with Crippen molar-refractivity contribution in [3.63, 3.8) is 0 Å². The second-order valence-electron chi connectivity index (χ2n) is 7.11. The van der Waals surface area contributed by atoms with Crippen molar-refractivity contribution >= 4 is 63.8 Å². The number of nitro groups is 1. The van der Waals surface area contributed by atoms with Gasteiger partial charge in [0.1, 0.15) is 0 Å². The van der Waals surface area contributed by atoms with Crippen LogP contribution in [0.2, 0.25) is 10.0 Å². The molecule has 11 heteroatoms. The number of benzene rings is 3. The van der Waals surface area contributed by atoms with E-state index < -0.39 is 4.92 Å². The van der Waals surface area contributed by atoms with Gasteiger partial charge in [0.25, 0.3) is 11.6 Å². The molecular formula is C23H17Cl2N5O3S. The summed E-state index contributed by atoms with van der Waals surface area (Å²) in [5.74, 6) is -0.301. The number of fused-ring (bicyclic) bond motifs is 1. The van der Waals surface area contributed by atoms with Gasteiger partial charge in [-0.1, -0.05) is 65.3 Å². The fourth-order valence-corrected chi connectivity index (χ4v) is 4.36. The Labute approximate surface area is 208 Å². The van der Waals surface area contributed by atoms with Crippen molar-refractivity contribution in [1.29, 1.82) is 0 Å². The summed E-state index contributed by atoms with van der Waals surface area (Å²) < 4.78 is 2.01. The first kappa shape index (κ1) is 23.7. The second kappa shape index (κ2) is 10.7. The minimum absolute atomic E-state index is 0.0614. The van der Waals surface area contributed by atoms with Crippen LogP contribution in [-0.2, 0) is 11.3 Å². The minimum Gasteiger partial charge on any atom is -0.314 e. The van der Waals surface area contributed by atoms with Crippen LogP contribution in [0.25, 0.3) is 11.0 Å². The molecule has 0 aliphatic carbocycles. The van der Waals surface area contributed by atoms with Gasteiger partial charge in [0, 0.05) is 27.7 Å². The van der Waals surface area contributed by atoms with Crippen molar-refractivity contribution < 1.29 is 9.72 Å². The molecule has 0 spiro atoms. The third kappa shape index (κ3) is 5.56. The molecule has 1 aromatic heterocycles. The molecule has 0 saturated carbocycles. The van der Waals surface area contributed by atoms with E-state index in [2.05, 4.69) is 15.5 Å². The number of nitrogens with one attached hydrogen (secondary N) is 1. The lowest BCUT2D eigenvalue weighted by Gasteiger charge is -2.10. The van der Waals surface area contributed by atoms with Crippen LogP contribution < -0.4 is 5.43 Å². The zero-order valence-electron chi connectivity index (χ0n) is 17.5. The quantitative estimate of drug-likeness (QED) is 0.144. The van der Waals surface area contributed by atoms with E-state index in [4.69, 9.17) is 23.2 Å². The molecule has 0 unspecified atom stereocenters. The van der Waals surface area contributed by atoms with Crippen molar-refractivity contribution in [1.82, 2.24) is 15.0 Å². The van der Waals surface area contributed by atoms with Crippen molar-refractivity contribution in [3.8, 4) is 0 Å². The largest absolute Gasteiger partial charge is 0.314 e. The van der Waals surface area contributed by atoms with E-state index in [9.17, 15) is 14.9 Å². The highest BCUT2D eigenvalue weighted by atomic mass is 35.5. The van der Waals surface area contributed by atoms with Crippen molar-refractivity contribution in [2.75, 3.05) is 5.75 Å². The fraction of sp³-hybridized carbons (Fsp3) is 0.0870. The number of nitrogens with zero attached hydrogens (tertiary/aromatic N) is 4. The summed E-state index contributed by atoms with van der Waals surface area (Å²) in [6.07, 6.45) is 1.27. The molecule has 0 saturated heterocycles. The van der Waals surface area contributed by atoms with Gasteiger partial charge in [-0.2, -0.15) is 5.10 Å². The maximum Gasteiger partial charge on any atom is 0.270 e. The molecule has 0 bridgehead atoms. The number of para-hydroxylation sites is 2. The summed E-state index contributed by atoms with van der Waals surface area (Å²) in [7, 11) is 0. The number of amides is 1. The first-order valence-corrected chi connectivity index (χ1v) is 11.7. The Morgan fingerprint density at radius 1 is 1.12 bits per heavy atom. The van der Waals surface area contributed by atoms with Crippen LogP contribution in [-0.4, -0.2) is 32.3 Å². The van der Waals surface area contributed by atoms with E-state index in [0.29, 0.717) is 22.3 Å². The highest BCUT2D eigenvalue weighted by molar-refractivity contribution is 7.99. The number of carbonyl (C=O) groups excluding carboxylic acids is 1. The molecule has 1 N–H and O–H groups in total. The summed E-state index contributed by atoms with van der Waals surface area (Å²) in [4.78, 5) is 27.4. The molecule has 0 atom stereocenters. The molecule has 172 valence electrons. The van der Waals surface area contributed by atoms with Gasteiger partial charge in [0.2, 0.25) is 0 Å². The second-order valence-corrected chi connectivity index (χ2v) is 8.86. The first-order chi connectivity index (χ1) is 16.4. The van der Waals surface area contributed by atoms with Gasteiger partial charge in [0.05, 0.1) is 34.5 Å².